The highest BCUT2D eigenvalue weighted by atomic mass is 79.9. The Morgan fingerprint density at radius 1 is 0.921 bits per heavy atom. The van der Waals surface area contributed by atoms with E-state index in [2.05, 4.69) is 51.0 Å². The Kier molecular flexibility index (Phi) is 11.4. The predicted molar refractivity (Wildman–Crippen MR) is 160 cm³/mol. The van der Waals surface area contributed by atoms with E-state index in [1.807, 2.05) is 86.6 Å². The molecule has 0 saturated heterocycles. The van der Waals surface area contributed by atoms with E-state index in [4.69, 9.17) is 4.74 Å². The number of carbonyl (C=O) groups is 2. The molecule has 0 aliphatic rings. The third kappa shape index (κ3) is 8.70. The lowest BCUT2D eigenvalue weighted by Gasteiger charge is -2.32. The van der Waals surface area contributed by atoms with E-state index in [0.29, 0.717) is 18.1 Å². The van der Waals surface area contributed by atoms with Crippen LogP contribution in [-0.2, 0) is 22.6 Å². The molecule has 7 heteroatoms. The van der Waals surface area contributed by atoms with Gasteiger partial charge in [0.2, 0.25) is 5.91 Å². The van der Waals surface area contributed by atoms with Crippen LogP contribution in [0.15, 0.2) is 81.7 Å². The molecule has 0 radical (unpaired) electrons. The summed E-state index contributed by atoms with van der Waals surface area (Å²) in [5.74, 6) is 0.547. The van der Waals surface area contributed by atoms with Crippen molar-refractivity contribution in [1.82, 2.24) is 10.2 Å². The summed E-state index contributed by atoms with van der Waals surface area (Å²) in [7, 11) is 0. The van der Waals surface area contributed by atoms with Gasteiger partial charge < -0.3 is 15.0 Å². The largest absolute Gasteiger partial charge is 0.483 e. The minimum Gasteiger partial charge on any atom is -0.483 e. The highest BCUT2D eigenvalue weighted by Crippen LogP contribution is 2.29. The van der Waals surface area contributed by atoms with Gasteiger partial charge in [-0.3, -0.25) is 9.59 Å². The topological polar surface area (TPSA) is 58.6 Å². The van der Waals surface area contributed by atoms with Gasteiger partial charge in [0.25, 0.3) is 5.91 Å². The normalized spacial score (nSPS) is 12.6. The van der Waals surface area contributed by atoms with Gasteiger partial charge in [0.05, 0.1) is 4.47 Å². The zero-order valence-corrected chi connectivity index (χ0v) is 25.6. The van der Waals surface area contributed by atoms with Crippen molar-refractivity contribution in [2.75, 3.05) is 6.61 Å². The van der Waals surface area contributed by atoms with Crippen molar-refractivity contribution < 1.29 is 14.3 Å². The minimum absolute atomic E-state index is 0.00270. The molecule has 0 aromatic heterocycles. The maximum absolute atomic E-state index is 13.8. The Hall–Kier alpha value is -2.64. The molecule has 2 atom stereocenters. The molecule has 3 rings (SSSR count). The summed E-state index contributed by atoms with van der Waals surface area (Å²) in [4.78, 5) is 29.0. The number of carbonyl (C=O) groups excluding carboxylic acids is 2. The molecular formula is C31H36Br2N2O3. The molecule has 38 heavy (non-hydrogen) atoms. The Bertz CT molecular complexity index is 1200. The van der Waals surface area contributed by atoms with Crippen molar-refractivity contribution in [3.05, 3.63) is 98.4 Å². The predicted octanol–water partition coefficient (Wildman–Crippen LogP) is 7.27. The molecule has 3 aromatic carbocycles. The molecule has 0 aliphatic heterocycles. The molecule has 202 valence electrons. The number of ether oxygens (including phenoxy) is 1. The van der Waals surface area contributed by atoms with Gasteiger partial charge in [-0.15, -0.1) is 0 Å². The molecule has 1 N–H and O–H groups in total. The lowest BCUT2D eigenvalue weighted by atomic mass is 10.0. The number of rotatable bonds is 12. The molecule has 0 aliphatic carbocycles. The average Bonchev–Trinajstić information content (AvgIpc) is 2.91. The highest BCUT2D eigenvalue weighted by Gasteiger charge is 2.31. The Morgan fingerprint density at radius 3 is 2.21 bits per heavy atom. The van der Waals surface area contributed by atoms with E-state index in [0.717, 1.165) is 26.5 Å². The van der Waals surface area contributed by atoms with Gasteiger partial charge in [0, 0.05) is 23.5 Å². The van der Waals surface area contributed by atoms with Crippen LogP contribution in [0.25, 0.3) is 0 Å². The fourth-order valence-corrected chi connectivity index (χ4v) is 4.77. The van der Waals surface area contributed by atoms with Gasteiger partial charge in [-0.25, -0.2) is 0 Å². The van der Waals surface area contributed by atoms with Crippen molar-refractivity contribution in [1.29, 1.82) is 0 Å². The monoisotopic (exact) mass is 642 g/mol. The standard InChI is InChI=1S/C31H36Br2N2O3/c1-5-22(4)34-31(37)28(17-23-9-7-6-8-10-23)35(19-24-11-14-26(32)15-12-24)30(36)20-38-29-16-13-25(21(2)3)18-27(29)33/h6-16,18,21-22,28H,5,17,19-20H2,1-4H3,(H,34,37)/t22-,28-/m0/s1. The second kappa shape index (κ2) is 14.5. The van der Waals surface area contributed by atoms with Crippen LogP contribution in [0.1, 0.15) is 56.7 Å². The molecular weight excluding hydrogens is 608 g/mol. The lowest BCUT2D eigenvalue weighted by molar-refractivity contribution is -0.143. The first-order valence-corrected chi connectivity index (χ1v) is 14.6. The van der Waals surface area contributed by atoms with E-state index in [1.54, 1.807) is 4.90 Å². The van der Waals surface area contributed by atoms with Crippen LogP contribution in [0.2, 0.25) is 0 Å². The molecule has 0 fully saturated rings. The summed E-state index contributed by atoms with van der Waals surface area (Å²) < 4.78 is 7.73. The van der Waals surface area contributed by atoms with Gasteiger partial charge in [0.1, 0.15) is 11.8 Å². The number of amides is 2. The van der Waals surface area contributed by atoms with Gasteiger partial charge in [-0.05, 0) is 76.1 Å². The summed E-state index contributed by atoms with van der Waals surface area (Å²) in [5, 5.41) is 3.09. The molecule has 0 saturated carbocycles. The molecule has 5 nitrogen and oxygen atoms in total. The Balaban J connectivity index is 1.91. The second-order valence-corrected chi connectivity index (χ2v) is 11.6. The summed E-state index contributed by atoms with van der Waals surface area (Å²) in [6.07, 6.45) is 1.20. The average molecular weight is 644 g/mol. The lowest BCUT2D eigenvalue weighted by Crippen LogP contribution is -2.53. The van der Waals surface area contributed by atoms with Gasteiger partial charge in [0.15, 0.2) is 6.61 Å². The SMILES string of the molecule is CC[C@H](C)NC(=O)[C@H](Cc1ccccc1)N(Cc1ccc(Br)cc1)C(=O)COc1ccc(C(C)C)cc1Br. The summed E-state index contributed by atoms with van der Waals surface area (Å²) in [6.45, 7) is 8.36. The fraction of sp³-hybridized carbons (Fsp3) is 0.355. The summed E-state index contributed by atoms with van der Waals surface area (Å²) >= 11 is 7.05. The van der Waals surface area contributed by atoms with Crippen molar-refractivity contribution in [3.63, 3.8) is 0 Å². The third-order valence-corrected chi connectivity index (χ3v) is 7.66. The first-order chi connectivity index (χ1) is 18.2. The van der Waals surface area contributed by atoms with E-state index < -0.39 is 6.04 Å². The van der Waals surface area contributed by atoms with E-state index in [1.165, 1.54) is 5.56 Å². The van der Waals surface area contributed by atoms with E-state index in [-0.39, 0.29) is 31.0 Å². The molecule has 3 aromatic rings. The molecule has 0 heterocycles. The van der Waals surface area contributed by atoms with Crippen LogP contribution in [0.4, 0.5) is 0 Å². The summed E-state index contributed by atoms with van der Waals surface area (Å²) in [6, 6.07) is 22.8. The van der Waals surface area contributed by atoms with Crippen LogP contribution in [0, 0.1) is 0 Å². The van der Waals surface area contributed by atoms with Gasteiger partial charge >= 0.3 is 0 Å². The quantitative estimate of drug-likeness (QED) is 0.226. The molecule has 2 amide bonds. The zero-order valence-electron chi connectivity index (χ0n) is 22.4. The maximum atomic E-state index is 13.8. The smallest absolute Gasteiger partial charge is 0.261 e. The number of benzene rings is 3. The minimum atomic E-state index is -0.696. The Labute approximate surface area is 243 Å². The third-order valence-electron chi connectivity index (χ3n) is 6.51. The van der Waals surface area contributed by atoms with Gasteiger partial charge in [-0.1, -0.05) is 85.2 Å². The maximum Gasteiger partial charge on any atom is 0.261 e. The van der Waals surface area contributed by atoms with Crippen LogP contribution in [0.5, 0.6) is 5.75 Å². The molecule has 0 unspecified atom stereocenters. The van der Waals surface area contributed by atoms with Crippen LogP contribution in [-0.4, -0.2) is 35.4 Å². The highest BCUT2D eigenvalue weighted by molar-refractivity contribution is 9.10. The number of hydrogen-bond donors (Lipinski definition) is 1. The van der Waals surface area contributed by atoms with Crippen molar-refractivity contribution in [2.45, 2.75) is 65.1 Å². The second-order valence-electron chi connectivity index (χ2n) is 9.80. The van der Waals surface area contributed by atoms with Crippen LogP contribution in [0.3, 0.4) is 0 Å². The first kappa shape index (κ1) is 29.9. The number of hydrogen-bond acceptors (Lipinski definition) is 3. The van der Waals surface area contributed by atoms with E-state index in [9.17, 15) is 9.59 Å². The van der Waals surface area contributed by atoms with Gasteiger partial charge in [-0.2, -0.15) is 0 Å². The number of nitrogens with zero attached hydrogens (tertiary/aromatic N) is 1. The first-order valence-electron chi connectivity index (χ1n) is 13.0. The molecule has 0 spiro atoms. The van der Waals surface area contributed by atoms with Crippen LogP contribution >= 0.6 is 31.9 Å². The summed E-state index contributed by atoms with van der Waals surface area (Å²) in [5.41, 5.74) is 3.09. The Morgan fingerprint density at radius 2 is 1.61 bits per heavy atom. The van der Waals surface area contributed by atoms with Crippen molar-refractivity contribution in [3.8, 4) is 5.75 Å². The molecule has 0 bridgehead atoms. The van der Waals surface area contributed by atoms with Crippen molar-refractivity contribution >= 4 is 43.7 Å². The number of halogens is 2. The number of nitrogens with one attached hydrogen (secondary N) is 1. The zero-order chi connectivity index (χ0) is 27.7. The van der Waals surface area contributed by atoms with E-state index >= 15 is 0 Å². The van der Waals surface area contributed by atoms with Crippen molar-refractivity contribution in [2.24, 2.45) is 0 Å². The van der Waals surface area contributed by atoms with Crippen LogP contribution < -0.4 is 10.1 Å². The fourth-order valence-electron chi connectivity index (χ4n) is 4.00.